The number of allylic oxidation sites excluding steroid dienone is 4. The predicted molar refractivity (Wildman–Crippen MR) is 148 cm³/mol. The predicted octanol–water partition coefficient (Wildman–Crippen LogP) is 6.90. The molecule has 0 radical (unpaired) electrons. The lowest BCUT2D eigenvalue weighted by Gasteiger charge is -2.44. The molecule has 6 heteroatoms. The van der Waals surface area contributed by atoms with E-state index < -0.39 is 0 Å². The molecule has 0 spiro atoms. The van der Waals surface area contributed by atoms with Crippen molar-refractivity contribution in [3.8, 4) is 11.5 Å². The summed E-state index contributed by atoms with van der Waals surface area (Å²) in [4.78, 5) is 29.5. The quantitative estimate of drug-likeness (QED) is 0.349. The van der Waals surface area contributed by atoms with Gasteiger partial charge in [0.15, 0.2) is 23.1 Å². The van der Waals surface area contributed by atoms with E-state index in [-0.39, 0.29) is 17.5 Å². The van der Waals surface area contributed by atoms with E-state index >= 15 is 0 Å². The Kier molecular flexibility index (Phi) is 7.84. The molecule has 0 unspecified atom stereocenters. The Hall–Kier alpha value is -2.86. The van der Waals surface area contributed by atoms with Crippen LogP contribution in [0.1, 0.15) is 68.9 Å². The fourth-order valence-electron chi connectivity index (χ4n) is 5.96. The third-order valence-corrected chi connectivity index (χ3v) is 8.18. The number of halogens is 1. The maximum atomic E-state index is 13.6. The van der Waals surface area contributed by atoms with Gasteiger partial charge in [0.05, 0.1) is 18.2 Å². The lowest BCUT2D eigenvalue weighted by Crippen LogP contribution is -2.40. The Morgan fingerprint density at radius 1 is 0.946 bits per heavy atom. The van der Waals surface area contributed by atoms with E-state index in [1.54, 1.807) is 7.11 Å². The molecule has 5 nitrogen and oxygen atoms in total. The van der Waals surface area contributed by atoms with E-state index in [2.05, 4.69) is 52.0 Å². The summed E-state index contributed by atoms with van der Waals surface area (Å²) in [5.74, 6) is 1.20. The van der Waals surface area contributed by atoms with Gasteiger partial charge in [-0.2, -0.15) is 0 Å². The fraction of sp³-hybridized carbons (Fsp3) is 0.419. The molecule has 0 amide bonds. The Balaban J connectivity index is 1.63. The molecule has 0 atom stereocenters. The molecule has 37 heavy (non-hydrogen) atoms. The number of hydrogen-bond donors (Lipinski definition) is 0. The molecular formula is C31H34BrNO4. The summed E-state index contributed by atoms with van der Waals surface area (Å²) in [6.07, 6.45) is 6.20. The Bertz CT molecular complexity index is 1220. The molecule has 1 heterocycles. The van der Waals surface area contributed by atoms with Crippen LogP contribution in [0.25, 0.3) is 0 Å². The molecule has 0 aromatic heterocycles. The van der Waals surface area contributed by atoms with Crippen LogP contribution >= 0.6 is 15.9 Å². The first-order valence-corrected chi connectivity index (χ1v) is 14.2. The molecule has 2 aromatic rings. The van der Waals surface area contributed by atoms with Gasteiger partial charge in [-0.05, 0) is 77.7 Å². The van der Waals surface area contributed by atoms with Crippen LogP contribution in [0, 0.1) is 0 Å². The topological polar surface area (TPSA) is 55.8 Å². The van der Waals surface area contributed by atoms with Crippen molar-refractivity contribution in [1.82, 2.24) is 4.90 Å². The Morgan fingerprint density at radius 3 is 2.19 bits per heavy atom. The average molecular weight is 565 g/mol. The van der Waals surface area contributed by atoms with E-state index in [1.807, 2.05) is 18.2 Å². The highest BCUT2D eigenvalue weighted by molar-refractivity contribution is 9.10. The Morgan fingerprint density at radius 2 is 1.59 bits per heavy atom. The molecule has 0 fully saturated rings. The lowest BCUT2D eigenvalue weighted by atomic mass is 9.71. The van der Waals surface area contributed by atoms with Gasteiger partial charge in [-0.1, -0.05) is 37.3 Å². The summed E-state index contributed by atoms with van der Waals surface area (Å²) >= 11 is 3.69. The van der Waals surface area contributed by atoms with Crippen LogP contribution in [-0.2, 0) is 16.0 Å². The minimum absolute atomic E-state index is 0.155. The number of Topliss-reactive ketones (excluding diaryl/α,β-unsaturated/α-hetero) is 2. The standard InChI is InChI=1S/C31H34BrNO4/c1-3-17-37-31-22(32)18-21(19-27(31)36-2)28-29-23(11-7-13-25(29)34)33(16-15-20-9-5-4-6-10-20)24-12-8-14-26(35)30(24)28/h4-6,9-10,18-19,28H,3,7-8,11-17H2,1-2H3. The normalized spacial score (nSPS) is 18.2. The van der Waals surface area contributed by atoms with Crippen LogP contribution in [-0.4, -0.2) is 36.7 Å². The monoisotopic (exact) mass is 563 g/mol. The molecule has 194 valence electrons. The zero-order valence-electron chi connectivity index (χ0n) is 21.6. The molecule has 0 bridgehead atoms. The van der Waals surface area contributed by atoms with Gasteiger partial charge in [-0.25, -0.2) is 0 Å². The number of hydrogen-bond acceptors (Lipinski definition) is 5. The van der Waals surface area contributed by atoms with E-state index in [1.165, 1.54) is 5.56 Å². The lowest BCUT2D eigenvalue weighted by molar-refractivity contribution is -0.117. The molecule has 0 saturated heterocycles. The van der Waals surface area contributed by atoms with Gasteiger partial charge in [-0.3, -0.25) is 9.59 Å². The van der Waals surface area contributed by atoms with Crippen LogP contribution in [0.4, 0.5) is 0 Å². The maximum absolute atomic E-state index is 13.6. The van der Waals surface area contributed by atoms with Crippen molar-refractivity contribution in [3.05, 3.63) is 80.6 Å². The summed E-state index contributed by atoms with van der Waals surface area (Å²) < 4.78 is 12.5. The average Bonchev–Trinajstić information content (AvgIpc) is 2.91. The van der Waals surface area contributed by atoms with Crippen LogP contribution in [0.5, 0.6) is 11.5 Å². The fourth-order valence-corrected chi connectivity index (χ4v) is 6.53. The number of ether oxygens (including phenoxy) is 2. The SMILES string of the molecule is CCCOc1c(Br)cc(C2C3=C(CCCC3=O)N(CCc3ccccc3)C3=C2C(=O)CCC3)cc1OC. The number of methoxy groups -OCH3 is 1. The first kappa shape index (κ1) is 25.8. The van der Waals surface area contributed by atoms with E-state index in [0.29, 0.717) is 30.9 Å². The van der Waals surface area contributed by atoms with E-state index in [0.717, 1.165) is 77.6 Å². The van der Waals surface area contributed by atoms with Crippen molar-refractivity contribution in [2.75, 3.05) is 20.3 Å². The minimum atomic E-state index is -0.371. The molecule has 3 aliphatic rings. The van der Waals surface area contributed by atoms with Crippen LogP contribution < -0.4 is 9.47 Å². The highest BCUT2D eigenvalue weighted by atomic mass is 79.9. The molecule has 0 N–H and O–H groups in total. The molecule has 2 aromatic carbocycles. The van der Waals surface area contributed by atoms with E-state index in [9.17, 15) is 9.59 Å². The van der Waals surface area contributed by atoms with Gasteiger partial charge in [-0.15, -0.1) is 0 Å². The number of ketones is 2. The highest BCUT2D eigenvalue weighted by Crippen LogP contribution is 2.51. The highest BCUT2D eigenvalue weighted by Gasteiger charge is 2.43. The number of carbonyl (C=O) groups excluding carboxylic acids is 2. The third-order valence-electron chi connectivity index (χ3n) is 7.59. The molecular weight excluding hydrogens is 530 g/mol. The van der Waals surface area contributed by atoms with Gasteiger partial charge in [0.25, 0.3) is 0 Å². The molecule has 5 rings (SSSR count). The van der Waals surface area contributed by atoms with Crippen molar-refractivity contribution >= 4 is 27.5 Å². The van der Waals surface area contributed by atoms with Gasteiger partial charge in [0.1, 0.15) is 0 Å². The second kappa shape index (κ2) is 11.3. The zero-order chi connectivity index (χ0) is 25.9. The summed E-state index contributed by atoms with van der Waals surface area (Å²) in [5, 5.41) is 0. The summed E-state index contributed by atoms with van der Waals surface area (Å²) in [6.45, 7) is 3.41. The third kappa shape index (κ3) is 5.00. The second-order valence-electron chi connectivity index (χ2n) is 9.98. The van der Waals surface area contributed by atoms with Crippen LogP contribution in [0.15, 0.2) is 69.5 Å². The summed E-state index contributed by atoms with van der Waals surface area (Å²) in [5.41, 5.74) is 5.96. The summed E-state index contributed by atoms with van der Waals surface area (Å²) in [7, 11) is 1.63. The van der Waals surface area contributed by atoms with Crippen molar-refractivity contribution < 1.29 is 19.1 Å². The Labute approximate surface area is 227 Å². The first-order chi connectivity index (χ1) is 18.0. The van der Waals surface area contributed by atoms with Crippen LogP contribution in [0.2, 0.25) is 0 Å². The zero-order valence-corrected chi connectivity index (χ0v) is 23.2. The van der Waals surface area contributed by atoms with E-state index in [4.69, 9.17) is 9.47 Å². The second-order valence-corrected chi connectivity index (χ2v) is 10.8. The number of benzene rings is 2. The molecule has 1 aliphatic heterocycles. The van der Waals surface area contributed by atoms with Gasteiger partial charge in [0, 0.05) is 47.8 Å². The number of nitrogens with zero attached hydrogens (tertiary/aromatic N) is 1. The van der Waals surface area contributed by atoms with Gasteiger partial charge >= 0.3 is 0 Å². The van der Waals surface area contributed by atoms with Crippen molar-refractivity contribution in [2.45, 2.75) is 64.2 Å². The van der Waals surface area contributed by atoms with Crippen molar-refractivity contribution in [1.29, 1.82) is 0 Å². The maximum Gasteiger partial charge on any atom is 0.175 e. The van der Waals surface area contributed by atoms with Crippen molar-refractivity contribution in [3.63, 3.8) is 0 Å². The molecule has 2 aliphatic carbocycles. The molecule has 0 saturated carbocycles. The smallest absolute Gasteiger partial charge is 0.175 e. The van der Waals surface area contributed by atoms with Crippen molar-refractivity contribution in [2.24, 2.45) is 0 Å². The minimum Gasteiger partial charge on any atom is -0.493 e. The first-order valence-electron chi connectivity index (χ1n) is 13.4. The largest absolute Gasteiger partial charge is 0.493 e. The number of carbonyl (C=O) groups is 2. The number of rotatable bonds is 8. The van der Waals surface area contributed by atoms with Crippen LogP contribution in [0.3, 0.4) is 0 Å². The van der Waals surface area contributed by atoms with Gasteiger partial charge < -0.3 is 14.4 Å². The summed E-state index contributed by atoms with van der Waals surface area (Å²) in [6, 6.07) is 14.4. The van der Waals surface area contributed by atoms with Gasteiger partial charge in [0.2, 0.25) is 0 Å².